The second-order valence-electron chi connectivity index (χ2n) is 20.3. The smallest absolute Gasteiger partial charge is 0.305 e. The van der Waals surface area contributed by atoms with E-state index in [1.807, 2.05) is 0 Å². The van der Waals surface area contributed by atoms with E-state index >= 15 is 0 Å². The summed E-state index contributed by atoms with van der Waals surface area (Å²) in [4.78, 5) is 24.6. The van der Waals surface area contributed by atoms with Crippen molar-refractivity contribution >= 4 is 11.9 Å². The number of carbonyl (C=O) groups is 2. The fourth-order valence-electron chi connectivity index (χ4n) is 9.08. The Labute approximate surface area is 417 Å². The number of hydrogen-bond acceptors (Lipinski definition) is 5. The highest BCUT2D eigenvalue weighted by molar-refractivity contribution is 5.76. The van der Waals surface area contributed by atoms with Gasteiger partial charge in [-0.1, -0.05) is 249 Å². The van der Waals surface area contributed by atoms with E-state index in [1.165, 1.54) is 193 Å². The third-order valence-electron chi connectivity index (χ3n) is 13.7. The summed E-state index contributed by atoms with van der Waals surface area (Å²) in [5.41, 5.74) is 0. The van der Waals surface area contributed by atoms with Gasteiger partial charge in [-0.3, -0.25) is 9.59 Å². The van der Waals surface area contributed by atoms with E-state index in [-0.39, 0.29) is 18.5 Å². The molecule has 0 aliphatic rings. The van der Waals surface area contributed by atoms with Crippen LogP contribution in [-0.2, 0) is 14.3 Å². The van der Waals surface area contributed by atoms with Crippen molar-refractivity contribution in [1.29, 1.82) is 0 Å². The molecule has 0 aromatic rings. The number of aliphatic hydroxyl groups excluding tert-OH is 2. The Bertz CT molecular complexity index is 1090. The Balaban J connectivity index is 3.50. The molecular formula is C61H115NO5. The number of carbonyl (C=O) groups excluding carboxylic acids is 2. The van der Waals surface area contributed by atoms with Crippen molar-refractivity contribution in [3.8, 4) is 0 Å². The lowest BCUT2D eigenvalue weighted by Gasteiger charge is -2.22. The van der Waals surface area contributed by atoms with Gasteiger partial charge in [0.2, 0.25) is 5.91 Å². The predicted molar refractivity (Wildman–Crippen MR) is 292 cm³/mol. The lowest BCUT2D eigenvalue weighted by atomic mass is 10.0. The number of rotatable bonds is 55. The molecule has 0 aliphatic heterocycles. The summed E-state index contributed by atoms with van der Waals surface area (Å²) in [5, 5.41) is 23.3. The molecule has 0 rings (SSSR count). The number of esters is 1. The highest BCUT2D eigenvalue weighted by atomic mass is 16.5. The standard InChI is InChI=1S/C61H115NO5/c1-3-5-7-9-11-13-15-17-19-21-22-23-24-25-26-27-29-33-37-41-45-49-53-59(64)58(57-63)62-60(65)54-50-46-42-38-34-31-32-36-40-44-48-52-56-67-61(66)55-51-47-43-39-35-30-28-20-18-16-14-12-10-8-6-4-2/h14,16,20,28,32,36,58-59,63-64H,3-13,15,17-19,21-27,29-31,33-35,37-57H2,1-2H3,(H,62,65)/b16-14-,28-20-,36-32-. The minimum Gasteiger partial charge on any atom is -0.466 e. The van der Waals surface area contributed by atoms with Gasteiger partial charge in [0.25, 0.3) is 0 Å². The lowest BCUT2D eigenvalue weighted by Crippen LogP contribution is -2.45. The first-order chi connectivity index (χ1) is 33.0. The summed E-state index contributed by atoms with van der Waals surface area (Å²) in [5.74, 6) is -0.0951. The molecule has 394 valence electrons. The molecule has 6 heteroatoms. The molecule has 0 fully saturated rings. The Kier molecular flexibility index (Phi) is 55.0. The number of allylic oxidation sites excluding steroid dienone is 6. The monoisotopic (exact) mass is 942 g/mol. The van der Waals surface area contributed by atoms with Gasteiger partial charge in [-0.15, -0.1) is 0 Å². The number of aliphatic hydroxyl groups is 2. The summed E-state index contributed by atoms with van der Waals surface area (Å²) in [6, 6.07) is -0.563. The molecule has 2 unspecified atom stereocenters. The molecule has 0 aromatic heterocycles. The van der Waals surface area contributed by atoms with Gasteiger partial charge in [0.05, 0.1) is 25.4 Å². The summed E-state index contributed by atoms with van der Waals surface area (Å²) in [6.07, 6.45) is 69.9. The third-order valence-corrected chi connectivity index (χ3v) is 13.7. The van der Waals surface area contributed by atoms with Crippen molar-refractivity contribution in [2.75, 3.05) is 13.2 Å². The topological polar surface area (TPSA) is 95.9 Å². The van der Waals surface area contributed by atoms with E-state index in [2.05, 4.69) is 55.6 Å². The van der Waals surface area contributed by atoms with Crippen molar-refractivity contribution in [3.63, 3.8) is 0 Å². The zero-order valence-corrected chi connectivity index (χ0v) is 44.9. The molecule has 0 bridgehead atoms. The SMILES string of the molecule is CCCCCC/C=C\C/C=C\CCCCCCCC(=O)OCCCCC/C=C\CCCCCCCC(=O)NC(CO)C(O)CCCCCCCCCCCCCCCCCCCCCCCC. The number of unbranched alkanes of at least 4 members (excludes halogenated alkanes) is 38. The van der Waals surface area contributed by atoms with Crippen LogP contribution in [0.1, 0.15) is 316 Å². The molecule has 6 nitrogen and oxygen atoms in total. The first kappa shape index (κ1) is 65.1. The largest absolute Gasteiger partial charge is 0.466 e. The quantitative estimate of drug-likeness (QED) is 0.0321. The first-order valence-corrected chi connectivity index (χ1v) is 29.7. The van der Waals surface area contributed by atoms with Crippen LogP contribution in [0.2, 0.25) is 0 Å². The first-order valence-electron chi connectivity index (χ1n) is 29.7. The van der Waals surface area contributed by atoms with Crippen LogP contribution in [0, 0.1) is 0 Å². The van der Waals surface area contributed by atoms with Crippen molar-refractivity contribution < 1.29 is 24.5 Å². The maximum atomic E-state index is 12.5. The Morgan fingerprint density at radius 1 is 0.418 bits per heavy atom. The van der Waals surface area contributed by atoms with Crippen molar-refractivity contribution in [2.45, 2.75) is 328 Å². The van der Waals surface area contributed by atoms with E-state index in [4.69, 9.17) is 4.74 Å². The van der Waals surface area contributed by atoms with Gasteiger partial charge in [-0.05, 0) is 89.9 Å². The number of hydrogen-bond donors (Lipinski definition) is 3. The van der Waals surface area contributed by atoms with E-state index < -0.39 is 12.1 Å². The zero-order chi connectivity index (χ0) is 48.6. The van der Waals surface area contributed by atoms with Crippen LogP contribution in [0.3, 0.4) is 0 Å². The fourth-order valence-corrected chi connectivity index (χ4v) is 9.08. The minimum absolute atomic E-state index is 0.0357. The third kappa shape index (κ3) is 53.3. The maximum Gasteiger partial charge on any atom is 0.305 e. The van der Waals surface area contributed by atoms with Crippen LogP contribution < -0.4 is 5.32 Å². The van der Waals surface area contributed by atoms with E-state index in [0.717, 1.165) is 89.9 Å². The summed E-state index contributed by atoms with van der Waals surface area (Å²) < 4.78 is 5.45. The number of amides is 1. The average Bonchev–Trinajstić information content (AvgIpc) is 3.33. The lowest BCUT2D eigenvalue weighted by molar-refractivity contribution is -0.143. The van der Waals surface area contributed by atoms with Crippen LogP contribution in [-0.4, -0.2) is 47.4 Å². The molecule has 0 spiro atoms. The molecular weight excluding hydrogens is 827 g/mol. The van der Waals surface area contributed by atoms with Crippen LogP contribution in [0.5, 0.6) is 0 Å². The van der Waals surface area contributed by atoms with Gasteiger partial charge < -0.3 is 20.3 Å². The molecule has 1 amide bonds. The molecule has 67 heavy (non-hydrogen) atoms. The highest BCUT2D eigenvalue weighted by Crippen LogP contribution is 2.17. The van der Waals surface area contributed by atoms with Crippen LogP contribution >= 0.6 is 0 Å². The zero-order valence-electron chi connectivity index (χ0n) is 44.9. The van der Waals surface area contributed by atoms with Gasteiger partial charge in [0.15, 0.2) is 0 Å². The van der Waals surface area contributed by atoms with Crippen LogP contribution in [0.15, 0.2) is 36.5 Å². The normalized spacial score (nSPS) is 12.8. The molecule has 0 aliphatic carbocycles. The van der Waals surface area contributed by atoms with Gasteiger partial charge in [0.1, 0.15) is 0 Å². The number of ether oxygens (including phenoxy) is 1. The molecule has 0 saturated carbocycles. The minimum atomic E-state index is -0.683. The molecule has 0 aromatic carbocycles. The van der Waals surface area contributed by atoms with Gasteiger partial charge in [-0.2, -0.15) is 0 Å². The van der Waals surface area contributed by atoms with Crippen LogP contribution in [0.25, 0.3) is 0 Å². The van der Waals surface area contributed by atoms with Crippen molar-refractivity contribution in [2.24, 2.45) is 0 Å². The number of nitrogens with one attached hydrogen (secondary N) is 1. The molecule has 0 saturated heterocycles. The molecule has 3 N–H and O–H groups in total. The van der Waals surface area contributed by atoms with Gasteiger partial charge in [-0.25, -0.2) is 0 Å². The fraction of sp³-hybridized carbons (Fsp3) is 0.869. The molecule has 0 radical (unpaired) electrons. The maximum absolute atomic E-state index is 12.5. The predicted octanol–water partition coefficient (Wildman–Crippen LogP) is 18.4. The Morgan fingerprint density at radius 2 is 0.746 bits per heavy atom. The van der Waals surface area contributed by atoms with Crippen molar-refractivity contribution in [1.82, 2.24) is 5.32 Å². The van der Waals surface area contributed by atoms with Crippen molar-refractivity contribution in [3.05, 3.63) is 36.5 Å². The van der Waals surface area contributed by atoms with Crippen LogP contribution in [0.4, 0.5) is 0 Å². The summed E-state index contributed by atoms with van der Waals surface area (Å²) >= 11 is 0. The van der Waals surface area contributed by atoms with E-state index in [0.29, 0.717) is 25.9 Å². The second-order valence-corrected chi connectivity index (χ2v) is 20.3. The summed E-state index contributed by atoms with van der Waals surface area (Å²) in [7, 11) is 0. The Morgan fingerprint density at radius 3 is 1.16 bits per heavy atom. The van der Waals surface area contributed by atoms with Gasteiger partial charge in [0, 0.05) is 12.8 Å². The van der Waals surface area contributed by atoms with Gasteiger partial charge >= 0.3 is 5.97 Å². The van der Waals surface area contributed by atoms with E-state index in [9.17, 15) is 19.8 Å². The molecule has 0 heterocycles. The Hall–Kier alpha value is -1.92. The molecule has 2 atom stereocenters. The summed E-state index contributed by atoms with van der Waals surface area (Å²) in [6.45, 7) is 4.88. The highest BCUT2D eigenvalue weighted by Gasteiger charge is 2.20. The average molecular weight is 943 g/mol. The van der Waals surface area contributed by atoms with E-state index in [1.54, 1.807) is 0 Å². The second kappa shape index (κ2) is 56.7.